The van der Waals surface area contributed by atoms with E-state index >= 15 is 0 Å². The highest BCUT2D eigenvalue weighted by Gasteiger charge is 2.26. The number of nitrogens with zero attached hydrogens (tertiary/aromatic N) is 3. The van der Waals surface area contributed by atoms with Gasteiger partial charge in [-0.1, -0.05) is 34.1 Å². The molecule has 0 spiro atoms. The van der Waals surface area contributed by atoms with E-state index in [9.17, 15) is 9.59 Å². The smallest absolute Gasteiger partial charge is 0.410 e. The molecule has 1 aliphatic rings. The zero-order chi connectivity index (χ0) is 27.6. The Kier molecular flexibility index (Phi) is 7.72. The van der Waals surface area contributed by atoms with Gasteiger partial charge in [0.15, 0.2) is 5.58 Å². The number of oxazole rings is 1. The Balaban J connectivity index is 1.27. The van der Waals surface area contributed by atoms with E-state index in [1.54, 1.807) is 17.0 Å². The fourth-order valence-corrected chi connectivity index (χ4v) is 4.69. The first kappa shape index (κ1) is 26.9. The molecule has 39 heavy (non-hydrogen) atoms. The van der Waals surface area contributed by atoms with Gasteiger partial charge in [0.2, 0.25) is 5.89 Å². The molecule has 4 aromatic rings. The highest BCUT2D eigenvalue weighted by atomic mass is 79.9. The van der Waals surface area contributed by atoms with Crippen LogP contribution in [0, 0.1) is 0 Å². The van der Waals surface area contributed by atoms with E-state index < -0.39 is 5.60 Å². The largest absolute Gasteiger partial charge is 0.444 e. The lowest BCUT2D eigenvalue weighted by Crippen LogP contribution is -2.49. The van der Waals surface area contributed by atoms with Gasteiger partial charge in [0, 0.05) is 42.8 Å². The molecule has 0 unspecified atom stereocenters. The number of fused-ring (bicyclic) bond motifs is 1. The maximum Gasteiger partial charge on any atom is 0.410 e. The van der Waals surface area contributed by atoms with Crippen LogP contribution in [0.1, 0.15) is 36.7 Å². The van der Waals surface area contributed by atoms with Crippen molar-refractivity contribution in [3.8, 4) is 11.5 Å². The fraction of sp³-hybridized carbons (Fsp3) is 0.300. The fourth-order valence-electron chi connectivity index (χ4n) is 4.43. The van der Waals surface area contributed by atoms with Gasteiger partial charge in [-0.25, -0.2) is 9.78 Å². The number of aromatic nitrogens is 1. The first-order valence-electron chi connectivity index (χ1n) is 12.9. The predicted octanol–water partition coefficient (Wildman–Crippen LogP) is 6.56. The Morgan fingerprint density at radius 2 is 1.72 bits per heavy atom. The van der Waals surface area contributed by atoms with Crippen molar-refractivity contribution in [3.05, 3.63) is 82.3 Å². The molecule has 1 saturated heterocycles. The van der Waals surface area contributed by atoms with Crippen LogP contribution in [0.25, 0.3) is 22.6 Å². The molecule has 1 aromatic heterocycles. The quantitative estimate of drug-likeness (QED) is 0.283. The topological polar surface area (TPSA) is 87.9 Å². The molecule has 2 heterocycles. The highest BCUT2D eigenvalue weighted by Crippen LogP contribution is 2.31. The monoisotopic (exact) mass is 590 g/mol. The summed E-state index contributed by atoms with van der Waals surface area (Å²) in [5.74, 6) is 0.236. The summed E-state index contributed by atoms with van der Waals surface area (Å²) in [6.45, 7) is 9.18. The summed E-state index contributed by atoms with van der Waals surface area (Å²) in [7, 11) is 0. The number of para-hydroxylation sites is 1. The van der Waals surface area contributed by atoms with Crippen LogP contribution in [-0.2, 0) is 11.3 Å². The van der Waals surface area contributed by atoms with E-state index in [0.29, 0.717) is 41.4 Å². The number of nitrogens with one attached hydrogen (secondary N) is 1. The average molecular weight is 592 g/mol. The van der Waals surface area contributed by atoms with Gasteiger partial charge in [-0.2, -0.15) is 0 Å². The van der Waals surface area contributed by atoms with Crippen molar-refractivity contribution in [3.63, 3.8) is 0 Å². The van der Waals surface area contributed by atoms with Crippen LogP contribution in [0.2, 0.25) is 0 Å². The summed E-state index contributed by atoms with van der Waals surface area (Å²) >= 11 is 3.40. The molecule has 1 fully saturated rings. The maximum absolute atomic E-state index is 12.8. The summed E-state index contributed by atoms with van der Waals surface area (Å²) in [6.07, 6.45) is -0.258. The summed E-state index contributed by atoms with van der Waals surface area (Å²) < 4.78 is 12.6. The summed E-state index contributed by atoms with van der Waals surface area (Å²) in [4.78, 5) is 33.9. The molecule has 202 valence electrons. The Labute approximate surface area is 236 Å². The number of hydrogen-bond donors (Lipinski definition) is 1. The van der Waals surface area contributed by atoms with Crippen LogP contribution in [0.4, 0.5) is 10.5 Å². The van der Waals surface area contributed by atoms with E-state index in [-0.39, 0.29) is 12.0 Å². The number of amides is 2. The van der Waals surface area contributed by atoms with E-state index in [1.807, 2.05) is 69.3 Å². The third kappa shape index (κ3) is 6.66. The highest BCUT2D eigenvalue weighted by molar-refractivity contribution is 9.10. The Bertz CT molecular complexity index is 1490. The number of rotatable bonds is 5. The summed E-state index contributed by atoms with van der Waals surface area (Å²) in [6, 6.07) is 20.7. The molecule has 3 aromatic carbocycles. The molecule has 9 heteroatoms. The zero-order valence-electron chi connectivity index (χ0n) is 22.2. The van der Waals surface area contributed by atoms with Crippen LogP contribution in [-0.4, -0.2) is 58.6 Å². The van der Waals surface area contributed by atoms with E-state index in [0.717, 1.165) is 35.2 Å². The van der Waals surface area contributed by atoms with Crippen molar-refractivity contribution in [2.45, 2.75) is 32.9 Å². The van der Waals surface area contributed by atoms with Crippen LogP contribution < -0.4 is 5.32 Å². The molecule has 1 aliphatic heterocycles. The molecule has 1 N–H and O–H groups in total. The molecular formula is C30H31BrN4O4. The number of hydrogen-bond acceptors (Lipinski definition) is 6. The first-order chi connectivity index (χ1) is 18.6. The molecule has 0 atom stereocenters. The van der Waals surface area contributed by atoms with E-state index in [1.165, 1.54) is 0 Å². The standard InChI is InChI=1S/C30H31BrN4O4/c1-30(2,3)39-29(37)35-16-14-34(15-17-35)19-20-8-13-25-26(18-20)38-28(33-25)23-6-4-5-7-24(23)32-27(36)21-9-11-22(31)12-10-21/h4-13,18H,14-17,19H2,1-3H3,(H,32,36). The second-order valence-electron chi connectivity index (χ2n) is 10.6. The van der Waals surface area contributed by atoms with Crippen molar-refractivity contribution in [1.29, 1.82) is 0 Å². The van der Waals surface area contributed by atoms with Crippen LogP contribution in [0.15, 0.2) is 75.6 Å². The number of carbonyl (C=O) groups is 2. The lowest BCUT2D eigenvalue weighted by Gasteiger charge is -2.35. The van der Waals surface area contributed by atoms with E-state index in [4.69, 9.17) is 9.15 Å². The zero-order valence-corrected chi connectivity index (χ0v) is 23.8. The molecule has 0 bridgehead atoms. The number of ether oxygens (including phenoxy) is 1. The second kappa shape index (κ2) is 11.2. The molecule has 0 radical (unpaired) electrons. The number of carbonyl (C=O) groups excluding carboxylic acids is 2. The number of piperazine rings is 1. The van der Waals surface area contributed by atoms with Crippen LogP contribution in [0.3, 0.4) is 0 Å². The van der Waals surface area contributed by atoms with Crippen molar-refractivity contribution < 1.29 is 18.7 Å². The lowest BCUT2D eigenvalue weighted by atomic mass is 10.1. The van der Waals surface area contributed by atoms with Crippen molar-refractivity contribution in [2.75, 3.05) is 31.5 Å². The van der Waals surface area contributed by atoms with Gasteiger partial charge in [0.25, 0.3) is 5.91 Å². The van der Waals surface area contributed by atoms with Gasteiger partial charge >= 0.3 is 6.09 Å². The van der Waals surface area contributed by atoms with Gasteiger partial charge in [-0.15, -0.1) is 0 Å². The Hall–Kier alpha value is -3.69. The molecule has 2 amide bonds. The number of anilines is 1. The summed E-state index contributed by atoms with van der Waals surface area (Å²) in [5.41, 5.74) is 3.93. The van der Waals surface area contributed by atoms with Gasteiger partial charge in [0.05, 0.1) is 11.3 Å². The molecular weight excluding hydrogens is 560 g/mol. The normalized spacial score (nSPS) is 14.4. The van der Waals surface area contributed by atoms with E-state index in [2.05, 4.69) is 37.2 Å². The van der Waals surface area contributed by atoms with Crippen LogP contribution in [0.5, 0.6) is 0 Å². The third-order valence-corrected chi connectivity index (χ3v) is 6.92. The third-order valence-electron chi connectivity index (χ3n) is 6.40. The number of halogens is 1. The minimum atomic E-state index is -0.495. The van der Waals surface area contributed by atoms with Gasteiger partial charge in [0.1, 0.15) is 11.1 Å². The second-order valence-corrected chi connectivity index (χ2v) is 11.5. The van der Waals surface area contributed by atoms with Crippen molar-refractivity contribution >= 4 is 44.7 Å². The Morgan fingerprint density at radius 1 is 1.00 bits per heavy atom. The SMILES string of the molecule is CC(C)(C)OC(=O)N1CCN(Cc2ccc3nc(-c4ccccc4NC(=O)c4ccc(Br)cc4)oc3c2)CC1. The first-order valence-corrected chi connectivity index (χ1v) is 13.7. The molecule has 0 saturated carbocycles. The minimum absolute atomic E-state index is 0.208. The summed E-state index contributed by atoms with van der Waals surface area (Å²) in [5, 5.41) is 2.98. The molecule has 0 aliphatic carbocycles. The maximum atomic E-state index is 12.8. The minimum Gasteiger partial charge on any atom is -0.444 e. The lowest BCUT2D eigenvalue weighted by molar-refractivity contribution is 0.0139. The molecule has 5 rings (SSSR count). The molecule has 8 nitrogen and oxygen atoms in total. The average Bonchev–Trinajstić information content (AvgIpc) is 3.32. The van der Waals surface area contributed by atoms with Gasteiger partial charge in [-0.3, -0.25) is 9.69 Å². The Morgan fingerprint density at radius 3 is 2.44 bits per heavy atom. The van der Waals surface area contributed by atoms with Gasteiger partial charge in [-0.05, 0) is 74.9 Å². The van der Waals surface area contributed by atoms with Crippen molar-refractivity contribution in [2.24, 2.45) is 0 Å². The predicted molar refractivity (Wildman–Crippen MR) is 155 cm³/mol. The van der Waals surface area contributed by atoms with Crippen molar-refractivity contribution in [1.82, 2.24) is 14.8 Å². The van der Waals surface area contributed by atoms with Gasteiger partial charge < -0.3 is 19.4 Å². The van der Waals surface area contributed by atoms with Crippen LogP contribution >= 0.6 is 15.9 Å². The number of benzene rings is 3.